The third kappa shape index (κ3) is 7.40. The van der Waals surface area contributed by atoms with Crippen molar-refractivity contribution < 1.29 is 57.1 Å². The van der Waals surface area contributed by atoms with Crippen molar-refractivity contribution in [1.29, 1.82) is 0 Å². The van der Waals surface area contributed by atoms with E-state index in [9.17, 15) is 24.0 Å². The predicted molar refractivity (Wildman–Crippen MR) is 138 cm³/mol. The Morgan fingerprint density at radius 2 is 1.44 bits per heavy atom. The summed E-state index contributed by atoms with van der Waals surface area (Å²) >= 11 is 0. The van der Waals surface area contributed by atoms with Gasteiger partial charge >= 0.3 is 23.9 Å². The van der Waals surface area contributed by atoms with Gasteiger partial charge in [0, 0.05) is 33.8 Å². The molecule has 2 heterocycles. The van der Waals surface area contributed by atoms with Crippen LogP contribution in [0, 0.1) is 0 Å². The zero-order valence-corrected chi connectivity index (χ0v) is 22.9. The van der Waals surface area contributed by atoms with Gasteiger partial charge in [-0.25, -0.2) is 0 Å². The van der Waals surface area contributed by atoms with E-state index in [4.69, 9.17) is 33.2 Å². The molecule has 12 heteroatoms. The fraction of sp³-hybridized carbons (Fsp3) is 0.414. The lowest BCUT2D eigenvalue weighted by molar-refractivity contribution is -0.288. The van der Waals surface area contributed by atoms with E-state index in [2.05, 4.69) is 0 Å². The number of carbonyl (C=O) groups is 5. The molecule has 0 amide bonds. The van der Waals surface area contributed by atoms with Gasteiger partial charge in [0.2, 0.25) is 12.4 Å². The van der Waals surface area contributed by atoms with Crippen LogP contribution in [0.4, 0.5) is 0 Å². The molecule has 41 heavy (non-hydrogen) atoms. The van der Waals surface area contributed by atoms with E-state index in [1.54, 1.807) is 6.07 Å². The first-order chi connectivity index (χ1) is 19.5. The Bertz CT molecular complexity index is 1310. The zero-order valence-electron chi connectivity index (χ0n) is 22.9. The molecule has 0 aromatic heterocycles. The maximum Gasteiger partial charge on any atom is 0.303 e. The number of hydrogen-bond donors (Lipinski definition) is 0. The van der Waals surface area contributed by atoms with Gasteiger partial charge in [-0.05, 0) is 17.7 Å². The van der Waals surface area contributed by atoms with Gasteiger partial charge < -0.3 is 33.2 Å². The zero-order chi connectivity index (χ0) is 29.7. The molecule has 0 bridgehead atoms. The molecule has 0 radical (unpaired) electrons. The number of ketones is 1. The number of benzene rings is 2. The fourth-order valence-corrected chi connectivity index (χ4v) is 4.65. The summed E-state index contributed by atoms with van der Waals surface area (Å²) in [5.41, 5.74) is 1.20. The third-order valence-corrected chi connectivity index (χ3v) is 6.27. The molecule has 0 aliphatic carbocycles. The van der Waals surface area contributed by atoms with Crippen molar-refractivity contribution >= 4 is 29.7 Å². The smallest absolute Gasteiger partial charge is 0.303 e. The highest BCUT2D eigenvalue weighted by Crippen LogP contribution is 2.38. The average molecular weight is 571 g/mol. The molecule has 1 fully saturated rings. The summed E-state index contributed by atoms with van der Waals surface area (Å²) in [6.45, 7) is 4.19. The van der Waals surface area contributed by atoms with Crippen LogP contribution in [0.5, 0.6) is 11.5 Å². The highest BCUT2D eigenvalue weighted by molar-refractivity contribution is 6.00. The minimum absolute atomic E-state index is 0.112. The molecule has 2 aliphatic rings. The Hall–Kier alpha value is -4.45. The van der Waals surface area contributed by atoms with Crippen LogP contribution >= 0.6 is 0 Å². The van der Waals surface area contributed by atoms with Crippen molar-refractivity contribution in [2.24, 2.45) is 0 Å². The first kappa shape index (κ1) is 29.5. The molecule has 4 rings (SSSR count). The molecule has 1 saturated heterocycles. The van der Waals surface area contributed by atoms with E-state index in [1.165, 1.54) is 19.1 Å². The Balaban J connectivity index is 1.66. The highest BCUT2D eigenvalue weighted by atomic mass is 16.7. The van der Waals surface area contributed by atoms with Gasteiger partial charge in [0.25, 0.3) is 0 Å². The molecule has 6 unspecified atom stereocenters. The van der Waals surface area contributed by atoms with Crippen molar-refractivity contribution in [2.45, 2.75) is 70.9 Å². The number of esters is 4. The van der Waals surface area contributed by atoms with E-state index < -0.39 is 67.3 Å². The summed E-state index contributed by atoms with van der Waals surface area (Å²) in [4.78, 5) is 60.4. The Kier molecular flexibility index (Phi) is 9.23. The predicted octanol–water partition coefficient (Wildman–Crippen LogP) is 2.86. The number of hydrogen-bond acceptors (Lipinski definition) is 12. The Morgan fingerprint density at radius 1 is 0.805 bits per heavy atom. The number of ether oxygens (including phenoxy) is 7. The molecule has 6 atom stereocenters. The van der Waals surface area contributed by atoms with Gasteiger partial charge in [-0.2, -0.15) is 0 Å². The van der Waals surface area contributed by atoms with Crippen molar-refractivity contribution in [2.75, 3.05) is 6.61 Å². The molecule has 2 aromatic carbocycles. The van der Waals surface area contributed by atoms with Crippen LogP contribution < -0.4 is 9.47 Å². The minimum atomic E-state index is -1.42. The number of carbonyl (C=O) groups excluding carboxylic acids is 5. The molecule has 2 aliphatic heterocycles. The van der Waals surface area contributed by atoms with Gasteiger partial charge in [0.1, 0.15) is 30.3 Å². The summed E-state index contributed by atoms with van der Waals surface area (Å²) in [6.07, 6.45) is -7.01. The Morgan fingerprint density at radius 3 is 2.07 bits per heavy atom. The van der Waals surface area contributed by atoms with Crippen LogP contribution in [0.1, 0.15) is 56.1 Å². The summed E-state index contributed by atoms with van der Waals surface area (Å²) < 4.78 is 39.5. The standard InChI is InChI=1S/C29H30O12/c1-15(30)35-14-25-26(36-16(2)31)27(37-17(3)32)28(38-18(4)33)29(41-25)39-20-10-11-21-22(34)13-23(40-24(21)12-20)19-8-6-5-7-9-19/h5-12,23,25-29H,13-14H2,1-4H3. The van der Waals surface area contributed by atoms with E-state index in [-0.39, 0.29) is 23.7 Å². The maximum atomic E-state index is 12.8. The van der Waals surface area contributed by atoms with E-state index in [0.29, 0.717) is 5.56 Å². The molecule has 2 aromatic rings. The number of fused-ring (bicyclic) bond motifs is 1. The second kappa shape index (κ2) is 12.8. The van der Waals surface area contributed by atoms with Crippen LogP contribution in [0.3, 0.4) is 0 Å². The lowest BCUT2D eigenvalue weighted by Gasteiger charge is -2.44. The summed E-state index contributed by atoms with van der Waals surface area (Å²) in [5.74, 6) is -2.56. The first-order valence-electron chi connectivity index (χ1n) is 12.9. The minimum Gasteiger partial charge on any atom is -0.484 e. The van der Waals surface area contributed by atoms with Gasteiger partial charge in [-0.1, -0.05) is 30.3 Å². The third-order valence-electron chi connectivity index (χ3n) is 6.27. The second-order valence-electron chi connectivity index (χ2n) is 9.49. The van der Waals surface area contributed by atoms with Crippen molar-refractivity contribution in [3.8, 4) is 11.5 Å². The quantitative estimate of drug-likeness (QED) is 0.339. The van der Waals surface area contributed by atoms with Gasteiger partial charge in [0.05, 0.1) is 12.0 Å². The summed E-state index contributed by atoms with van der Waals surface area (Å²) in [7, 11) is 0. The Labute approximate surface area is 235 Å². The van der Waals surface area contributed by atoms with E-state index >= 15 is 0 Å². The highest BCUT2D eigenvalue weighted by Gasteiger charge is 2.53. The molecular weight excluding hydrogens is 540 g/mol. The van der Waals surface area contributed by atoms with Crippen LogP contribution in [-0.2, 0) is 42.9 Å². The van der Waals surface area contributed by atoms with Crippen molar-refractivity contribution in [1.82, 2.24) is 0 Å². The SMILES string of the molecule is CC(=O)OCC1OC(Oc2ccc3c(c2)OC(c2ccccc2)CC3=O)C(OC(C)=O)C(OC(C)=O)C1OC(C)=O. The second-order valence-corrected chi connectivity index (χ2v) is 9.49. The largest absolute Gasteiger partial charge is 0.484 e. The number of Topliss-reactive ketones (excluding diaryl/α,β-unsaturated/α-hetero) is 1. The van der Waals surface area contributed by atoms with Gasteiger partial charge in [0.15, 0.2) is 18.0 Å². The molecule has 0 N–H and O–H groups in total. The van der Waals surface area contributed by atoms with Crippen LogP contribution in [0.15, 0.2) is 48.5 Å². The normalized spacial score (nSPS) is 25.1. The molecule has 218 valence electrons. The van der Waals surface area contributed by atoms with Crippen LogP contribution in [0.25, 0.3) is 0 Å². The van der Waals surface area contributed by atoms with Gasteiger partial charge in [-0.15, -0.1) is 0 Å². The average Bonchev–Trinajstić information content (AvgIpc) is 2.90. The van der Waals surface area contributed by atoms with Crippen molar-refractivity contribution in [3.05, 3.63) is 59.7 Å². The molecule has 12 nitrogen and oxygen atoms in total. The lowest BCUT2D eigenvalue weighted by Crippen LogP contribution is -2.63. The monoisotopic (exact) mass is 570 g/mol. The maximum absolute atomic E-state index is 12.8. The van der Waals surface area contributed by atoms with E-state index in [0.717, 1.165) is 26.3 Å². The summed E-state index contributed by atoms with van der Waals surface area (Å²) in [6, 6.07) is 13.8. The molecule has 0 spiro atoms. The number of rotatable bonds is 8. The van der Waals surface area contributed by atoms with Crippen LogP contribution in [-0.4, -0.2) is 67.0 Å². The summed E-state index contributed by atoms with van der Waals surface area (Å²) in [5, 5.41) is 0. The molecule has 0 saturated carbocycles. The lowest BCUT2D eigenvalue weighted by atomic mass is 9.96. The van der Waals surface area contributed by atoms with Crippen LogP contribution in [0.2, 0.25) is 0 Å². The van der Waals surface area contributed by atoms with Crippen molar-refractivity contribution in [3.63, 3.8) is 0 Å². The van der Waals surface area contributed by atoms with Gasteiger partial charge in [-0.3, -0.25) is 24.0 Å². The fourth-order valence-electron chi connectivity index (χ4n) is 4.65. The molecular formula is C29H30O12. The first-order valence-corrected chi connectivity index (χ1v) is 12.9. The van der Waals surface area contributed by atoms with E-state index in [1.807, 2.05) is 30.3 Å². The topological polar surface area (TPSA) is 150 Å².